The molecule has 0 fully saturated rings. The molecule has 0 spiro atoms. The number of unbranched alkanes of at least 4 members (excludes halogenated alkanes) is 1. The lowest BCUT2D eigenvalue weighted by Crippen LogP contribution is -2.15. The van der Waals surface area contributed by atoms with Crippen LogP contribution < -0.4 is 20.5 Å². The summed E-state index contributed by atoms with van der Waals surface area (Å²) in [6.45, 7) is 3.67. The lowest BCUT2D eigenvalue weighted by Gasteiger charge is -2.11. The third kappa shape index (κ3) is 6.20. The van der Waals surface area contributed by atoms with Gasteiger partial charge in [0.15, 0.2) is 0 Å². The van der Waals surface area contributed by atoms with Gasteiger partial charge in [0.25, 0.3) is 0 Å². The Bertz CT molecular complexity index is 811. The fourth-order valence-corrected chi connectivity index (χ4v) is 2.75. The van der Waals surface area contributed by atoms with Crippen LogP contribution in [0.5, 0.6) is 5.75 Å². The van der Waals surface area contributed by atoms with Crippen molar-refractivity contribution in [3.63, 3.8) is 0 Å². The third-order valence-corrected chi connectivity index (χ3v) is 4.59. The Morgan fingerprint density at radius 1 is 1.08 bits per heavy atom. The predicted molar refractivity (Wildman–Crippen MR) is 102 cm³/mol. The van der Waals surface area contributed by atoms with Gasteiger partial charge in [0.1, 0.15) is 11.6 Å². The smallest absolute Gasteiger partial charge is 0.238 e. The number of rotatable bonds is 10. The highest BCUT2D eigenvalue weighted by Gasteiger charge is 2.07. The molecule has 0 bridgehead atoms. The van der Waals surface area contributed by atoms with Gasteiger partial charge in [0.2, 0.25) is 10.0 Å². The fraction of sp³-hybridized carbons (Fsp3) is 0.333. The van der Waals surface area contributed by atoms with Crippen LogP contribution >= 0.6 is 0 Å². The molecule has 0 aromatic heterocycles. The molecule has 4 N–H and O–H groups in total. The second-order valence-electron chi connectivity index (χ2n) is 5.77. The first-order chi connectivity index (χ1) is 12.4. The average molecular weight is 381 g/mol. The van der Waals surface area contributed by atoms with E-state index in [2.05, 4.69) is 17.6 Å². The Hall–Kier alpha value is -2.32. The van der Waals surface area contributed by atoms with Gasteiger partial charge in [-0.1, -0.05) is 13.3 Å². The van der Waals surface area contributed by atoms with Crippen LogP contribution in [0.15, 0.2) is 47.4 Å². The van der Waals surface area contributed by atoms with Crippen molar-refractivity contribution in [2.75, 3.05) is 30.3 Å². The molecule has 2 aromatic rings. The highest BCUT2D eigenvalue weighted by Crippen LogP contribution is 2.20. The molecule has 0 atom stereocenters. The molecule has 142 valence electrons. The molecule has 26 heavy (non-hydrogen) atoms. The SMILES string of the molecule is CCCCOc1ccc(NCCNc2ccc(S(N)(=O)=O)cc2)c(F)c1. The normalized spacial score (nSPS) is 11.2. The van der Waals surface area contributed by atoms with Crippen molar-refractivity contribution in [1.82, 2.24) is 0 Å². The van der Waals surface area contributed by atoms with E-state index in [1.807, 2.05) is 0 Å². The van der Waals surface area contributed by atoms with Gasteiger partial charge in [-0.05, 0) is 42.8 Å². The summed E-state index contributed by atoms with van der Waals surface area (Å²) in [4.78, 5) is 0.0597. The first kappa shape index (κ1) is 20.0. The van der Waals surface area contributed by atoms with Crippen LogP contribution in [-0.2, 0) is 10.0 Å². The van der Waals surface area contributed by atoms with Crippen molar-refractivity contribution in [3.8, 4) is 5.75 Å². The maximum atomic E-state index is 14.0. The van der Waals surface area contributed by atoms with E-state index < -0.39 is 10.0 Å². The topological polar surface area (TPSA) is 93.4 Å². The van der Waals surface area contributed by atoms with E-state index in [1.165, 1.54) is 18.2 Å². The van der Waals surface area contributed by atoms with Crippen molar-refractivity contribution >= 4 is 21.4 Å². The van der Waals surface area contributed by atoms with Crippen molar-refractivity contribution in [3.05, 3.63) is 48.3 Å². The second kappa shape index (κ2) is 9.40. The quantitative estimate of drug-likeness (QED) is 0.550. The summed E-state index contributed by atoms with van der Waals surface area (Å²) in [5.74, 6) is 0.158. The molecule has 8 heteroatoms. The molecule has 0 amide bonds. The minimum atomic E-state index is -3.69. The number of anilines is 2. The number of halogens is 1. The average Bonchev–Trinajstić information content (AvgIpc) is 2.60. The first-order valence-electron chi connectivity index (χ1n) is 8.43. The van der Waals surface area contributed by atoms with Crippen LogP contribution in [0.3, 0.4) is 0 Å². The maximum Gasteiger partial charge on any atom is 0.238 e. The zero-order valence-electron chi connectivity index (χ0n) is 14.7. The molecule has 6 nitrogen and oxygen atoms in total. The van der Waals surface area contributed by atoms with E-state index >= 15 is 0 Å². The Balaban J connectivity index is 1.79. The number of nitrogens with two attached hydrogens (primary N) is 1. The lowest BCUT2D eigenvalue weighted by molar-refractivity contribution is 0.308. The van der Waals surface area contributed by atoms with Gasteiger partial charge in [0.05, 0.1) is 17.2 Å². The summed E-state index contributed by atoms with van der Waals surface area (Å²) >= 11 is 0. The van der Waals surface area contributed by atoms with E-state index in [4.69, 9.17) is 9.88 Å². The zero-order chi connectivity index (χ0) is 19.0. The molecule has 2 aromatic carbocycles. The molecule has 0 aliphatic heterocycles. The van der Waals surface area contributed by atoms with Crippen molar-refractivity contribution < 1.29 is 17.5 Å². The summed E-state index contributed by atoms with van der Waals surface area (Å²) < 4.78 is 41.9. The van der Waals surface area contributed by atoms with Gasteiger partial charge < -0.3 is 15.4 Å². The lowest BCUT2D eigenvalue weighted by atomic mass is 10.2. The van der Waals surface area contributed by atoms with E-state index in [0.29, 0.717) is 31.1 Å². The molecule has 0 aliphatic rings. The molecule has 0 saturated heterocycles. The number of primary sulfonamides is 1. The summed E-state index contributed by atoms with van der Waals surface area (Å²) in [5, 5.41) is 11.2. The minimum absolute atomic E-state index is 0.0597. The number of benzene rings is 2. The molecule has 2 rings (SSSR count). The third-order valence-electron chi connectivity index (χ3n) is 3.66. The monoisotopic (exact) mass is 381 g/mol. The summed E-state index contributed by atoms with van der Waals surface area (Å²) in [6.07, 6.45) is 1.96. The van der Waals surface area contributed by atoms with Gasteiger partial charge in [0, 0.05) is 24.8 Å². The van der Waals surface area contributed by atoms with Crippen LogP contribution in [0.4, 0.5) is 15.8 Å². The van der Waals surface area contributed by atoms with Crippen LogP contribution in [0.1, 0.15) is 19.8 Å². The first-order valence-corrected chi connectivity index (χ1v) is 9.97. The van der Waals surface area contributed by atoms with Crippen molar-refractivity contribution in [2.24, 2.45) is 5.14 Å². The number of hydrogen-bond donors (Lipinski definition) is 3. The number of ether oxygens (including phenoxy) is 1. The van der Waals surface area contributed by atoms with E-state index in [0.717, 1.165) is 18.5 Å². The van der Waals surface area contributed by atoms with E-state index in [9.17, 15) is 12.8 Å². The highest BCUT2D eigenvalue weighted by atomic mass is 32.2. The summed E-state index contributed by atoms with van der Waals surface area (Å²) in [5.41, 5.74) is 1.15. The molecule has 0 aliphatic carbocycles. The van der Waals surface area contributed by atoms with Gasteiger partial charge >= 0.3 is 0 Å². The molecule has 0 heterocycles. The van der Waals surface area contributed by atoms with Crippen LogP contribution in [-0.4, -0.2) is 28.1 Å². The Morgan fingerprint density at radius 2 is 1.77 bits per heavy atom. The largest absolute Gasteiger partial charge is 0.493 e. The maximum absolute atomic E-state index is 14.0. The number of nitrogens with one attached hydrogen (secondary N) is 2. The molecular weight excluding hydrogens is 357 g/mol. The molecule has 0 radical (unpaired) electrons. The second-order valence-corrected chi connectivity index (χ2v) is 7.33. The van der Waals surface area contributed by atoms with Crippen LogP contribution in [0.25, 0.3) is 0 Å². The van der Waals surface area contributed by atoms with Crippen molar-refractivity contribution in [1.29, 1.82) is 0 Å². The summed E-state index contributed by atoms with van der Waals surface area (Å²) in [7, 11) is -3.69. The van der Waals surface area contributed by atoms with Gasteiger partial charge in [-0.15, -0.1) is 0 Å². The minimum Gasteiger partial charge on any atom is -0.493 e. The highest BCUT2D eigenvalue weighted by molar-refractivity contribution is 7.89. The van der Waals surface area contributed by atoms with Gasteiger partial charge in [-0.25, -0.2) is 17.9 Å². The van der Waals surface area contributed by atoms with Crippen LogP contribution in [0.2, 0.25) is 0 Å². The molecule has 0 saturated carbocycles. The van der Waals surface area contributed by atoms with Gasteiger partial charge in [-0.3, -0.25) is 0 Å². The van der Waals surface area contributed by atoms with Gasteiger partial charge in [-0.2, -0.15) is 0 Å². The standard InChI is InChI=1S/C18H24FN3O3S/c1-2-3-12-25-15-6-9-18(17(19)13-15)22-11-10-21-14-4-7-16(8-5-14)26(20,23)24/h4-9,13,21-22H,2-3,10-12H2,1H3,(H2,20,23,24). The summed E-state index contributed by atoms with van der Waals surface area (Å²) in [6, 6.07) is 10.9. The van der Waals surface area contributed by atoms with E-state index in [-0.39, 0.29) is 10.7 Å². The molecule has 0 unspecified atom stereocenters. The molecular formula is C18H24FN3O3S. The number of hydrogen-bond acceptors (Lipinski definition) is 5. The number of sulfonamides is 1. The van der Waals surface area contributed by atoms with E-state index in [1.54, 1.807) is 24.3 Å². The Morgan fingerprint density at radius 3 is 2.38 bits per heavy atom. The zero-order valence-corrected chi connectivity index (χ0v) is 15.5. The Labute approximate surface area is 153 Å². The fourth-order valence-electron chi connectivity index (χ4n) is 2.23. The van der Waals surface area contributed by atoms with Crippen LogP contribution in [0, 0.1) is 5.82 Å². The van der Waals surface area contributed by atoms with Crippen molar-refractivity contribution in [2.45, 2.75) is 24.7 Å². The Kier molecular flexibility index (Phi) is 7.23. The predicted octanol–water partition coefficient (Wildman–Crippen LogP) is 3.18.